The molecule has 0 bridgehead atoms. The Morgan fingerprint density at radius 1 is 0.500 bits per heavy atom. The van der Waals surface area contributed by atoms with Crippen molar-refractivity contribution in [2.75, 3.05) is 4.90 Å². The van der Waals surface area contributed by atoms with Crippen molar-refractivity contribution < 1.29 is 4.42 Å². The number of aryl methyl sites for hydroxylation is 4. The average molecular weight is 887 g/mol. The summed E-state index contributed by atoms with van der Waals surface area (Å²) < 4.78 is 9.54. The van der Waals surface area contributed by atoms with E-state index < -0.39 is 0 Å². The lowest BCUT2D eigenvalue weighted by atomic mass is 9.44. The Kier molecular flexibility index (Phi) is 8.45. The van der Waals surface area contributed by atoms with Crippen LogP contribution in [-0.2, 0) is 21.7 Å². The highest BCUT2D eigenvalue weighted by molar-refractivity contribution is 6.90. The molecule has 9 aromatic rings. The Morgan fingerprint density at radius 3 is 1.72 bits per heavy atom. The van der Waals surface area contributed by atoms with Gasteiger partial charge in [0.25, 0.3) is 0 Å². The first-order valence-corrected chi connectivity index (χ1v) is 25.3. The van der Waals surface area contributed by atoms with Crippen molar-refractivity contribution in [2.24, 2.45) is 0 Å². The molecule has 2 aromatic heterocycles. The summed E-state index contributed by atoms with van der Waals surface area (Å²) in [7, 11) is 0. The monoisotopic (exact) mass is 887 g/mol. The molecule has 3 nitrogen and oxygen atoms in total. The van der Waals surface area contributed by atoms with Crippen LogP contribution in [0.25, 0.3) is 66.2 Å². The van der Waals surface area contributed by atoms with E-state index in [0.717, 1.165) is 23.8 Å². The molecule has 338 valence electrons. The maximum absolute atomic E-state index is 6.78. The van der Waals surface area contributed by atoms with E-state index in [9.17, 15) is 0 Å². The van der Waals surface area contributed by atoms with Gasteiger partial charge in [0.2, 0.25) is 0 Å². The summed E-state index contributed by atoms with van der Waals surface area (Å²) in [5.74, 6) is 0. The van der Waals surface area contributed by atoms with Crippen molar-refractivity contribution >= 4 is 67.6 Å². The van der Waals surface area contributed by atoms with Gasteiger partial charge >= 0.3 is 6.85 Å². The van der Waals surface area contributed by atoms with Gasteiger partial charge in [0.15, 0.2) is 0 Å². The predicted molar refractivity (Wildman–Crippen MR) is 290 cm³/mol. The van der Waals surface area contributed by atoms with E-state index in [1.165, 1.54) is 141 Å². The Hall–Kier alpha value is -6.26. The van der Waals surface area contributed by atoms with Gasteiger partial charge in [-0.05, 0) is 207 Å². The predicted octanol–water partition coefficient (Wildman–Crippen LogP) is 16.2. The first-order valence-electron chi connectivity index (χ1n) is 25.3. The number of aromatic nitrogens is 1. The maximum Gasteiger partial charge on any atom is 0.333 e. The van der Waals surface area contributed by atoms with Crippen molar-refractivity contribution in [3.8, 4) is 33.4 Å². The van der Waals surface area contributed by atoms with Gasteiger partial charge in [-0.25, -0.2) is 0 Å². The molecule has 0 N–H and O–H groups in total. The fourth-order valence-corrected chi connectivity index (χ4v) is 13.9. The zero-order chi connectivity index (χ0) is 47.1. The number of fused-ring (bicyclic) bond motifs is 11. The third kappa shape index (κ3) is 5.61. The molecular formula is C64H63BN2O. The number of furan rings is 1. The van der Waals surface area contributed by atoms with Crippen LogP contribution in [0.2, 0.25) is 0 Å². The molecule has 0 saturated carbocycles. The quantitative estimate of drug-likeness (QED) is 0.165. The van der Waals surface area contributed by atoms with Crippen molar-refractivity contribution in [1.29, 1.82) is 0 Å². The van der Waals surface area contributed by atoms with Crippen molar-refractivity contribution in [1.82, 2.24) is 4.48 Å². The molecule has 4 aliphatic rings. The van der Waals surface area contributed by atoms with Crippen LogP contribution in [0.3, 0.4) is 0 Å². The molecule has 68 heavy (non-hydrogen) atoms. The first-order chi connectivity index (χ1) is 32.3. The first kappa shape index (κ1) is 41.9. The molecule has 0 amide bonds. The molecule has 2 aliphatic heterocycles. The number of benzene rings is 7. The summed E-state index contributed by atoms with van der Waals surface area (Å²) in [6, 6.07) is 43.3. The molecule has 4 heteroatoms. The molecule has 0 saturated heterocycles. The Morgan fingerprint density at radius 2 is 1.07 bits per heavy atom. The van der Waals surface area contributed by atoms with Gasteiger partial charge in [-0.3, -0.25) is 0 Å². The summed E-state index contributed by atoms with van der Waals surface area (Å²) in [6.45, 7) is 28.7. The van der Waals surface area contributed by atoms with E-state index in [0.29, 0.717) is 0 Å². The second kappa shape index (κ2) is 13.7. The lowest BCUT2D eigenvalue weighted by Crippen LogP contribution is -2.57. The molecular weight excluding hydrogens is 824 g/mol. The zero-order valence-corrected chi connectivity index (χ0v) is 42.2. The van der Waals surface area contributed by atoms with Gasteiger partial charge in [0, 0.05) is 55.4 Å². The maximum atomic E-state index is 6.78. The largest absolute Gasteiger partial charge is 0.464 e. The number of hydrogen-bond acceptors (Lipinski definition) is 2. The van der Waals surface area contributed by atoms with Gasteiger partial charge < -0.3 is 13.8 Å². The number of anilines is 3. The molecule has 0 fully saturated rings. The average Bonchev–Trinajstić information content (AvgIpc) is 3.90. The van der Waals surface area contributed by atoms with E-state index in [1.54, 1.807) is 0 Å². The highest BCUT2D eigenvalue weighted by Crippen LogP contribution is 2.54. The van der Waals surface area contributed by atoms with E-state index in [-0.39, 0.29) is 28.5 Å². The fraction of sp³-hybridized carbons (Fsp3) is 0.312. The molecule has 13 rings (SSSR count). The highest BCUT2D eigenvalue weighted by atomic mass is 16.3. The Bertz CT molecular complexity index is 3660. The van der Waals surface area contributed by atoms with Crippen LogP contribution in [0, 0.1) is 27.7 Å². The van der Waals surface area contributed by atoms with Gasteiger partial charge in [0.05, 0.1) is 6.26 Å². The van der Waals surface area contributed by atoms with Crippen LogP contribution in [0.15, 0.2) is 120 Å². The molecule has 0 spiro atoms. The normalized spacial score (nSPS) is 17.9. The third-order valence-electron chi connectivity index (χ3n) is 17.9. The van der Waals surface area contributed by atoms with Gasteiger partial charge in [-0.2, -0.15) is 0 Å². The number of nitrogens with zero attached hydrogens (tertiary/aromatic N) is 2. The SMILES string of the molecule is Cc1cccc(C)c1-c1ccc2c(c1)c1cc(-c3c(C)cccc3C)cc3c1n2B1c2cc4c(cc2N(c2ccc5c(c2)C(C)(C)CCC5(C)C)c2cc5ccoc5c-3c21)C(C)(C)CCC4(C)C. The number of hydrogen-bond donors (Lipinski definition) is 0. The molecule has 4 heterocycles. The van der Waals surface area contributed by atoms with Gasteiger partial charge in [0.1, 0.15) is 5.58 Å². The summed E-state index contributed by atoms with van der Waals surface area (Å²) >= 11 is 0. The third-order valence-corrected chi connectivity index (χ3v) is 17.9. The second-order valence-corrected chi connectivity index (χ2v) is 24.0. The Balaban J connectivity index is 1.21. The standard InChI is InChI=1S/C64H63BN2O/c1-36-15-13-16-37(2)55(36)40-19-22-52-44(29-40)45-30-42(56-38(3)17-14-18-39(56)4)31-46-57-58-54(32-41-23-28-68-60(41)57)66(43-20-21-47-48(33-43)62(7,8)25-24-61(47,5)6)53-35-50-49(63(9,10)26-27-64(50,11)12)34-51(53)65(58)67(52)59(45)46/h13-23,28-35H,24-27H2,1-12H3. The van der Waals surface area contributed by atoms with E-state index >= 15 is 0 Å². The summed E-state index contributed by atoms with van der Waals surface area (Å²) in [5.41, 5.74) is 29.0. The highest BCUT2D eigenvalue weighted by Gasteiger charge is 2.48. The van der Waals surface area contributed by atoms with E-state index in [4.69, 9.17) is 4.42 Å². The molecule has 0 atom stereocenters. The lowest BCUT2D eigenvalue weighted by molar-refractivity contribution is 0.332. The molecule has 0 radical (unpaired) electrons. The van der Waals surface area contributed by atoms with Crippen LogP contribution < -0.4 is 15.8 Å². The van der Waals surface area contributed by atoms with Crippen molar-refractivity contribution in [3.05, 3.63) is 160 Å². The summed E-state index contributed by atoms with van der Waals surface area (Å²) in [5, 5.41) is 3.72. The Labute approximate surface area is 403 Å². The second-order valence-electron chi connectivity index (χ2n) is 24.0. The van der Waals surface area contributed by atoms with E-state index in [2.05, 4.69) is 202 Å². The smallest absolute Gasteiger partial charge is 0.333 e. The zero-order valence-electron chi connectivity index (χ0n) is 42.2. The van der Waals surface area contributed by atoms with Crippen LogP contribution in [0.5, 0.6) is 0 Å². The minimum absolute atomic E-state index is 0.0292. The summed E-state index contributed by atoms with van der Waals surface area (Å²) in [6.07, 6.45) is 6.60. The van der Waals surface area contributed by atoms with Crippen LogP contribution in [-0.4, -0.2) is 11.3 Å². The molecule has 7 aromatic carbocycles. The minimum atomic E-state index is -0.0931. The van der Waals surface area contributed by atoms with Crippen molar-refractivity contribution in [3.63, 3.8) is 0 Å². The summed E-state index contributed by atoms with van der Waals surface area (Å²) in [4.78, 5) is 2.68. The fourth-order valence-electron chi connectivity index (χ4n) is 13.9. The lowest BCUT2D eigenvalue weighted by Gasteiger charge is -2.46. The topological polar surface area (TPSA) is 21.3 Å². The van der Waals surface area contributed by atoms with Crippen LogP contribution in [0.1, 0.15) is 126 Å². The van der Waals surface area contributed by atoms with Crippen LogP contribution >= 0.6 is 0 Å². The molecule has 0 unspecified atom stereocenters. The van der Waals surface area contributed by atoms with Gasteiger partial charge in [-0.1, -0.05) is 110 Å². The van der Waals surface area contributed by atoms with E-state index in [1.807, 2.05) is 6.26 Å². The minimum Gasteiger partial charge on any atom is -0.464 e. The molecule has 2 aliphatic carbocycles. The van der Waals surface area contributed by atoms with Crippen LogP contribution in [0.4, 0.5) is 17.1 Å². The van der Waals surface area contributed by atoms with Gasteiger partial charge in [-0.15, -0.1) is 0 Å². The van der Waals surface area contributed by atoms with Crippen molar-refractivity contribution in [2.45, 2.75) is 130 Å². The number of rotatable bonds is 3.